The molecule has 19 heteroatoms. The Hall–Kier alpha value is 2.18. The average molecular weight is 712 g/mol. The smallest absolute Gasteiger partial charge is 0.280 e. The molecule has 0 aromatic rings. The molecule has 0 saturated heterocycles. The Bertz CT molecular complexity index is 582. The lowest BCUT2D eigenvalue weighted by molar-refractivity contribution is -0.217. The van der Waals surface area contributed by atoms with Crippen LogP contribution in [0.15, 0.2) is 9.98 Å². The van der Waals surface area contributed by atoms with Gasteiger partial charge >= 0.3 is 0 Å². The maximum absolute atomic E-state index is 11.8. The van der Waals surface area contributed by atoms with Gasteiger partial charge in [0.2, 0.25) is 6.40 Å². The average Bonchev–Trinajstić information content (AvgIpc) is 2.88. The SMILES string of the molecule is O=C(NCSCSCSCSC/N=C/OOCCCO)SCSCSCSCSCS(=O)/C=N\CS. The molecule has 1 unspecified atom stereocenters. The van der Waals surface area contributed by atoms with Crippen LogP contribution >= 0.6 is 118 Å². The Kier molecular flexibility index (Phi) is 35.4. The number of aliphatic hydroxyl groups is 1. The van der Waals surface area contributed by atoms with Gasteiger partial charge in [0.15, 0.2) is 0 Å². The molecule has 0 heterocycles. The molecule has 0 rings (SSSR count). The molecule has 8 nitrogen and oxygen atoms in total. The molecule has 36 heavy (non-hydrogen) atoms. The van der Waals surface area contributed by atoms with Crippen molar-refractivity contribution in [1.82, 2.24) is 5.32 Å². The van der Waals surface area contributed by atoms with Gasteiger partial charge in [0.05, 0.1) is 45.7 Å². The number of carbonyl (C=O) groups is 1. The third-order valence-electron chi connectivity index (χ3n) is 2.80. The van der Waals surface area contributed by atoms with Crippen molar-refractivity contribution in [1.29, 1.82) is 0 Å². The maximum atomic E-state index is 11.8. The molecular weight excluding hydrogens is 679 g/mol. The second-order valence-corrected chi connectivity index (χ2v) is 18.8. The summed E-state index contributed by atoms with van der Waals surface area (Å²) in [6.07, 6.45) is 1.82. The third kappa shape index (κ3) is 32.4. The van der Waals surface area contributed by atoms with Crippen LogP contribution in [-0.4, -0.2) is 98.0 Å². The van der Waals surface area contributed by atoms with Crippen LogP contribution in [0, 0.1) is 0 Å². The van der Waals surface area contributed by atoms with Gasteiger partial charge in [-0.15, -0.1) is 94.1 Å². The van der Waals surface area contributed by atoms with Gasteiger partial charge < -0.3 is 15.3 Å². The fourth-order valence-corrected chi connectivity index (χ4v) is 13.0. The zero-order valence-electron chi connectivity index (χ0n) is 19.6. The summed E-state index contributed by atoms with van der Waals surface area (Å²) < 4.78 is 11.5. The number of hydrogen-bond acceptors (Lipinski definition) is 17. The molecule has 0 spiro atoms. The number of nitrogens with zero attached hydrogens (tertiary/aromatic N) is 2. The van der Waals surface area contributed by atoms with Gasteiger partial charge in [0, 0.05) is 42.2 Å². The van der Waals surface area contributed by atoms with Gasteiger partial charge in [0.25, 0.3) is 5.24 Å². The van der Waals surface area contributed by atoms with Crippen molar-refractivity contribution in [2.75, 3.05) is 71.5 Å². The van der Waals surface area contributed by atoms with Crippen LogP contribution in [0.1, 0.15) is 6.42 Å². The number of amides is 1. The number of hydrogen-bond donors (Lipinski definition) is 3. The first-order valence-corrected chi connectivity index (χ1v) is 22.3. The van der Waals surface area contributed by atoms with Crippen molar-refractivity contribution in [3.05, 3.63) is 0 Å². The standard InChI is InChI=1S/C17H33N3O5S11/c21-2-1-3-24-25-4-18-6-27-9-29-11-30-10-28-7-20-17(22)35-15-33-13-31-12-32-14-34-16-36(23)8-19-5-26/h4,8,21,26H,1-3,5-7,9-16H2,(H,20,22)/b18-4+,19-8-. The van der Waals surface area contributed by atoms with Crippen molar-refractivity contribution in [3.8, 4) is 0 Å². The van der Waals surface area contributed by atoms with E-state index < -0.39 is 10.8 Å². The molecule has 212 valence electrons. The molecule has 0 aromatic heterocycles. The summed E-state index contributed by atoms with van der Waals surface area (Å²) in [4.78, 5) is 29.2. The molecule has 1 amide bonds. The third-order valence-corrected chi connectivity index (χ3v) is 15.2. The van der Waals surface area contributed by atoms with Crippen LogP contribution in [0.25, 0.3) is 0 Å². The van der Waals surface area contributed by atoms with Gasteiger partial charge in [-0.2, -0.15) is 17.5 Å². The highest BCUT2D eigenvalue weighted by Crippen LogP contribution is 2.24. The van der Waals surface area contributed by atoms with Gasteiger partial charge in [-0.25, -0.2) is 4.99 Å². The van der Waals surface area contributed by atoms with E-state index >= 15 is 0 Å². The van der Waals surface area contributed by atoms with E-state index in [4.69, 9.17) is 14.9 Å². The molecule has 0 aliphatic carbocycles. The fraction of sp³-hybridized carbons (Fsp3) is 0.824. The largest absolute Gasteiger partial charge is 0.396 e. The topological polar surface area (TPSA) is 110 Å². The number of aliphatic imine (C=N–C) groups is 2. The molecule has 0 fully saturated rings. The Labute approximate surface area is 261 Å². The van der Waals surface area contributed by atoms with Crippen molar-refractivity contribution in [3.63, 3.8) is 0 Å². The van der Waals surface area contributed by atoms with Gasteiger partial charge in [0.1, 0.15) is 0 Å². The lowest BCUT2D eigenvalue weighted by Crippen LogP contribution is -2.17. The van der Waals surface area contributed by atoms with Gasteiger partial charge in [-0.05, 0) is 6.42 Å². The maximum Gasteiger partial charge on any atom is 0.280 e. The zero-order chi connectivity index (χ0) is 26.4. The van der Waals surface area contributed by atoms with E-state index in [1.54, 1.807) is 47.0 Å². The van der Waals surface area contributed by atoms with Crippen LogP contribution in [0.3, 0.4) is 0 Å². The summed E-state index contributed by atoms with van der Waals surface area (Å²) >= 11 is 19.4. The van der Waals surface area contributed by atoms with Gasteiger partial charge in [-0.1, -0.05) is 11.8 Å². The van der Waals surface area contributed by atoms with E-state index in [-0.39, 0.29) is 11.8 Å². The number of thiol groups is 1. The van der Waals surface area contributed by atoms with E-state index in [0.29, 0.717) is 35.7 Å². The van der Waals surface area contributed by atoms with Crippen molar-refractivity contribution < 1.29 is 23.9 Å². The normalized spacial score (nSPS) is 12.5. The summed E-state index contributed by atoms with van der Waals surface area (Å²) in [5, 5.41) is 18.6. The van der Waals surface area contributed by atoms with Crippen molar-refractivity contribution in [2.45, 2.75) is 6.42 Å². The van der Waals surface area contributed by atoms with Crippen molar-refractivity contribution >= 4 is 146 Å². The molecule has 0 aliphatic rings. The number of carbonyl (C=O) groups excluding carboxylic acids is 1. The lowest BCUT2D eigenvalue weighted by atomic mass is 10.5. The highest BCUT2D eigenvalue weighted by Gasteiger charge is 2.02. The highest BCUT2D eigenvalue weighted by atomic mass is 32.3. The molecule has 2 N–H and O–H groups in total. The van der Waals surface area contributed by atoms with Crippen LogP contribution < -0.4 is 5.32 Å². The summed E-state index contributed by atoms with van der Waals surface area (Å²) in [6.45, 7) is 0.434. The summed E-state index contributed by atoms with van der Waals surface area (Å²) in [6, 6.07) is 0. The van der Waals surface area contributed by atoms with E-state index in [2.05, 4.69) is 27.9 Å². The number of nitrogens with one attached hydrogen (secondary N) is 1. The first kappa shape index (κ1) is 38.2. The summed E-state index contributed by atoms with van der Waals surface area (Å²) in [5.74, 6) is 1.62. The number of thioether (sulfide) groups is 9. The van der Waals surface area contributed by atoms with Crippen molar-refractivity contribution in [2.24, 2.45) is 9.98 Å². The fourth-order valence-electron chi connectivity index (χ4n) is 1.44. The molecule has 1 atom stereocenters. The first-order chi connectivity index (χ1) is 17.7. The predicted octanol–water partition coefficient (Wildman–Crippen LogP) is 5.89. The first-order valence-electron chi connectivity index (χ1n) is 10.1. The molecule has 0 bridgehead atoms. The lowest BCUT2D eigenvalue weighted by Gasteiger charge is -2.05. The van der Waals surface area contributed by atoms with Gasteiger partial charge in [-0.3, -0.25) is 14.0 Å². The minimum absolute atomic E-state index is 0.0272. The molecular formula is C17H33N3O5S11. The Morgan fingerprint density at radius 3 is 2.25 bits per heavy atom. The zero-order valence-corrected chi connectivity index (χ0v) is 28.6. The monoisotopic (exact) mass is 711 g/mol. The van der Waals surface area contributed by atoms with E-state index in [0.717, 1.165) is 35.6 Å². The predicted molar refractivity (Wildman–Crippen MR) is 183 cm³/mol. The quantitative estimate of drug-likeness (QED) is 0.0179. The molecule has 0 saturated carbocycles. The number of aliphatic hydroxyl groups excluding tert-OH is 1. The van der Waals surface area contributed by atoms with Crippen LogP contribution in [0.5, 0.6) is 0 Å². The number of rotatable bonds is 27. The molecule has 0 aromatic carbocycles. The molecule has 0 radical (unpaired) electrons. The van der Waals surface area contributed by atoms with E-state index in [9.17, 15) is 9.00 Å². The van der Waals surface area contributed by atoms with E-state index in [1.165, 1.54) is 23.7 Å². The summed E-state index contributed by atoms with van der Waals surface area (Å²) in [7, 11) is -1.01. The highest BCUT2D eigenvalue weighted by molar-refractivity contribution is 8.30. The Morgan fingerprint density at radius 2 is 1.56 bits per heavy atom. The summed E-state index contributed by atoms with van der Waals surface area (Å²) in [5.41, 5.74) is 1.46. The minimum atomic E-state index is -1.01. The Balaban J connectivity index is 3.25. The second kappa shape index (κ2) is 33.4. The second-order valence-electron chi connectivity index (χ2n) is 5.55. The minimum Gasteiger partial charge on any atom is -0.396 e. The van der Waals surface area contributed by atoms with Crippen LogP contribution in [0.4, 0.5) is 4.79 Å². The van der Waals surface area contributed by atoms with Crippen LogP contribution in [-0.2, 0) is 20.6 Å². The van der Waals surface area contributed by atoms with E-state index in [1.807, 2.05) is 47.0 Å². The van der Waals surface area contributed by atoms with Crippen LogP contribution in [0.2, 0.25) is 0 Å². The molecule has 0 aliphatic heterocycles. The Morgan fingerprint density at radius 1 is 0.917 bits per heavy atom.